The van der Waals surface area contributed by atoms with E-state index in [9.17, 15) is 0 Å². The van der Waals surface area contributed by atoms with E-state index in [-0.39, 0.29) is 0 Å². The molecule has 0 aromatic heterocycles. The van der Waals surface area contributed by atoms with Crippen molar-refractivity contribution in [2.75, 3.05) is 6.61 Å². The van der Waals surface area contributed by atoms with E-state index >= 15 is 0 Å². The maximum atomic E-state index is 5.97. The standard InChI is InChI=1S/C18H21BrO/c1-2-16(19)11-8-14-20-18-13-7-6-12-17(18)15-9-4-3-5-10-15/h3-7,9-10,12-13,16H,2,8,11,14H2,1H3. The van der Waals surface area contributed by atoms with E-state index in [1.54, 1.807) is 0 Å². The first-order valence-corrected chi connectivity index (χ1v) is 8.14. The minimum absolute atomic E-state index is 0.607. The number of para-hydroxylation sites is 1. The molecule has 2 aromatic carbocycles. The lowest BCUT2D eigenvalue weighted by molar-refractivity contribution is 0.307. The molecule has 0 aliphatic carbocycles. The van der Waals surface area contributed by atoms with Gasteiger partial charge < -0.3 is 4.74 Å². The molecule has 0 aliphatic rings. The summed E-state index contributed by atoms with van der Waals surface area (Å²) in [6, 6.07) is 18.6. The Morgan fingerprint density at radius 3 is 2.45 bits per heavy atom. The molecule has 0 fully saturated rings. The highest BCUT2D eigenvalue weighted by atomic mass is 79.9. The molecule has 20 heavy (non-hydrogen) atoms. The van der Waals surface area contributed by atoms with Crippen LogP contribution < -0.4 is 4.74 Å². The molecule has 106 valence electrons. The van der Waals surface area contributed by atoms with Gasteiger partial charge in [0.05, 0.1) is 6.61 Å². The predicted octanol–water partition coefficient (Wildman–Crippen LogP) is 5.69. The molecule has 1 atom stereocenters. The first kappa shape index (κ1) is 15.1. The Labute approximate surface area is 130 Å². The van der Waals surface area contributed by atoms with Gasteiger partial charge in [-0.25, -0.2) is 0 Å². The smallest absolute Gasteiger partial charge is 0.127 e. The number of rotatable bonds is 7. The SMILES string of the molecule is CCC(Br)CCCOc1ccccc1-c1ccccc1. The van der Waals surface area contributed by atoms with Crippen LogP contribution >= 0.6 is 15.9 Å². The molecule has 0 bridgehead atoms. The third-order valence-electron chi connectivity index (χ3n) is 3.33. The molecule has 0 aliphatic heterocycles. The number of benzene rings is 2. The van der Waals surface area contributed by atoms with Gasteiger partial charge in [-0.2, -0.15) is 0 Å². The summed E-state index contributed by atoms with van der Waals surface area (Å²) >= 11 is 3.66. The van der Waals surface area contributed by atoms with Gasteiger partial charge in [0.25, 0.3) is 0 Å². The first-order chi connectivity index (χ1) is 9.81. The van der Waals surface area contributed by atoms with Crippen LogP contribution in [0.25, 0.3) is 11.1 Å². The number of hydrogen-bond donors (Lipinski definition) is 0. The topological polar surface area (TPSA) is 9.23 Å². The lowest BCUT2D eigenvalue weighted by Crippen LogP contribution is -2.03. The normalized spacial score (nSPS) is 12.1. The van der Waals surface area contributed by atoms with Crippen LogP contribution in [0.4, 0.5) is 0 Å². The summed E-state index contributed by atoms with van der Waals surface area (Å²) in [6.45, 7) is 2.97. The van der Waals surface area contributed by atoms with E-state index < -0.39 is 0 Å². The van der Waals surface area contributed by atoms with Crippen molar-refractivity contribution in [1.29, 1.82) is 0 Å². The second-order valence-corrected chi connectivity index (χ2v) is 6.15. The number of halogens is 1. The molecule has 0 saturated carbocycles. The molecule has 0 saturated heterocycles. The fourth-order valence-electron chi connectivity index (χ4n) is 2.14. The quantitative estimate of drug-likeness (QED) is 0.467. The monoisotopic (exact) mass is 332 g/mol. The molecule has 0 N–H and O–H groups in total. The van der Waals surface area contributed by atoms with Gasteiger partial charge in [-0.3, -0.25) is 0 Å². The fraction of sp³-hybridized carbons (Fsp3) is 0.333. The number of ether oxygens (including phenoxy) is 1. The highest BCUT2D eigenvalue weighted by Crippen LogP contribution is 2.29. The van der Waals surface area contributed by atoms with Crippen molar-refractivity contribution < 1.29 is 4.74 Å². The van der Waals surface area contributed by atoms with E-state index in [0.29, 0.717) is 4.83 Å². The predicted molar refractivity (Wildman–Crippen MR) is 89.6 cm³/mol. The summed E-state index contributed by atoms with van der Waals surface area (Å²) in [6.07, 6.45) is 3.40. The van der Waals surface area contributed by atoms with Gasteiger partial charge in [0.2, 0.25) is 0 Å². The summed E-state index contributed by atoms with van der Waals surface area (Å²) in [5.74, 6) is 0.973. The van der Waals surface area contributed by atoms with Gasteiger partial charge >= 0.3 is 0 Å². The minimum atomic E-state index is 0.607. The Morgan fingerprint density at radius 2 is 1.70 bits per heavy atom. The average molecular weight is 333 g/mol. The van der Waals surface area contributed by atoms with E-state index in [1.807, 2.05) is 18.2 Å². The van der Waals surface area contributed by atoms with Crippen LogP contribution in [0.15, 0.2) is 54.6 Å². The maximum Gasteiger partial charge on any atom is 0.127 e. The number of hydrogen-bond acceptors (Lipinski definition) is 1. The van der Waals surface area contributed by atoms with Gasteiger partial charge in [-0.1, -0.05) is 71.4 Å². The summed E-state index contributed by atoms with van der Waals surface area (Å²) in [5.41, 5.74) is 2.37. The minimum Gasteiger partial charge on any atom is -0.493 e. The summed E-state index contributed by atoms with van der Waals surface area (Å²) in [4.78, 5) is 0.607. The molecule has 0 heterocycles. The Bertz CT molecular complexity index is 510. The second-order valence-electron chi connectivity index (χ2n) is 4.86. The third-order valence-corrected chi connectivity index (χ3v) is 4.44. The van der Waals surface area contributed by atoms with E-state index in [0.717, 1.165) is 25.2 Å². The van der Waals surface area contributed by atoms with Crippen molar-refractivity contribution in [2.45, 2.75) is 31.0 Å². The van der Waals surface area contributed by atoms with Gasteiger partial charge in [-0.05, 0) is 30.9 Å². The zero-order chi connectivity index (χ0) is 14.2. The first-order valence-electron chi connectivity index (χ1n) is 7.22. The number of alkyl halides is 1. The molecular weight excluding hydrogens is 312 g/mol. The molecule has 2 heteroatoms. The van der Waals surface area contributed by atoms with Crippen molar-refractivity contribution in [3.63, 3.8) is 0 Å². The molecule has 0 amide bonds. The highest BCUT2D eigenvalue weighted by Gasteiger charge is 2.06. The zero-order valence-corrected chi connectivity index (χ0v) is 13.5. The molecule has 1 nitrogen and oxygen atoms in total. The van der Waals surface area contributed by atoms with Crippen molar-refractivity contribution in [3.8, 4) is 16.9 Å². The van der Waals surface area contributed by atoms with E-state index in [2.05, 4.69) is 59.3 Å². The van der Waals surface area contributed by atoms with Crippen LogP contribution in [0.5, 0.6) is 5.75 Å². The lowest BCUT2D eigenvalue weighted by atomic mass is 10.1. The molecule has 1 unspecified atom stereocenters. The Morgan fingerprint density at radius 1 is 1.00 bits per heavy atom. The fourth-order valence-corrected chi connectivity index (χ4v) is 2.46. The van der Waals surface area contributed by atoms with Crippen LogP contribution in [0.2, 0.25) is 0 Å². The van der Waals surface area contributed by atoms with Crippen LogP contribution in [0.3, 0.4) is 0 Å². The summed E-state index contributed by atoms with van der Waals surface area (Å²) < 4.78 is 5.97. The average Bonchev–Trinajstić information content (AvgIpc) is 2.52. The van der Waals surface area contributed by atoms with Crippen LogP contribution in [-0.2, 0) is 0 Å². The van der Waals surface area contributed by atoms with Crippen molar-refractivity contribution in [3.05, 3.63) is 54.6 Å². The van der Waals surface area contributed by atoms with Crippen LogP contribution in [0.1, 0.15) is 26.2 Å². The van der Waals surface area contributed by atoms with Gasteiger partial charge in [0, 0.05) is 10.4 Å². The largest absolute Gasteiger partial charge is 0.493 e. The second kappa shape index (κ2) is 8.11. The maximum absolute atomic E-state index is 5.97. The zero-order valence-electron chi connectivity index (χ0n) is 11.9. The summed E-state index contributed by atoms with van der Waals surface area (Å²) in [5, 5.41) is 0. The van der Waals surface area contributed by atoms with E-state index in [4.69, 9.17) is 4.74 Å². The molecule has 2 aromatic rings. The summed E-state index contributed by atoms with van der Waals surface area (Å²) in [7, 11) is 0. The molecule has 0 radical (unpaired) electrons. The third kappa shape index (κ3) is 4.38. The van der Waals surface area contributed by atoms with Gasteiger partial charge in [0.1, 0.15) is 5.75 Å². The van der Waals surface area contributed by atoms with Gasteiger partial charge in [0.15, 0.2) is 0 Å². The Balaban J connectivity index is 1.99. The lowest BCUT2D eigenvalue weighted by Gasteiger charge is -2.12. The molecule has 0 spiro atoms. The van der Waals surface area contributed by atoms with E-state index in [1.165, 1.54) is 17.5 Å². The van der Waals surface area contributed by atoms with Gasteiger partial charge in [-0.15, -0.1) is 0 Å². The molecule has 2 rings (SSSR count). The highest BCUT2D eigenvalue weighted by molar-refractivity contribution is 9.09. The van der Waals surface area contributed by atoms with Crippen molar-refractivity contribution >= 4 is 15.9 Å². The van der Waals surface area contributed by atoms with Crippen LogP contribution in [-0.4, -0.2) is 11.4 Å². The van der Waals surface area contributed by atoms with Crippen molar-refractivity contribution in [2.24, 2.45) is 0 Å². The van der Waals surface area contributed by atoms with Crippen LogP contribution in [0, 0.1) is 0 Å². The van der Waals surface area contributed by atoms with Crippen molar-refractivity contribution in [1.82, 2.24) is 0 Å². The molecular formula is C18H21BrO. The Hall–Kier alpha value is -1.28. The Kier molecular flexibility index (Phi) is 6.13.